The molecule has 0 bridgehead atoms. The standard InChI is InChI=1S/C13H16F2N2O/c14-9-2-3-11(10(15)6-9)17-12(18)7-13(8-16)4-1-5-13/h2-3,6H,1,4-5,7-8,16H2,(H,17,18). The van der Waals surface area contributed by atoms with Gasteiger partial charge in [0.2, 0.25) is 5.91 Å². The molecule has 3 nitrogen and oxygen atoms in total. The second kappa shape index (κ2) is 5.02. The van der Waals surface area contributed by atoms with Gasteiger partial charge in [-0.25, -0.2) is 8.78 Å². The summed E-state index contributed by atoms with van der Waals surface area (Å²) in [7, 11) is 0. The van der Waals surface area contributed by atoms with Crippen molar-refractivity contribution in [2.24, 2.45) is 11.1 Å². The van der Waals surface area contributed by atoms with E-state index in [2.05, 4.69) is 5.32 Å². The third kappa shape index (κ3) is 2.67. The van der Waals surface area contributed by atoms with E-state index in [4.69, 9.17) is 5.73 Å². The maximum Gasteiger partial charge on any atom is 0.225 e. The molecular weight excluding hydrogens is 238 g/mol. The van der Waals surface area contributed by atoms with E-state index >= 15 is 0 Å². The van der Waals surface area contributed by atoms with E-state index in [1.54, 1.807) is 0 Å². The van der Waals surface area contributed by atoms with E-state index in [1.165, 1.54) is 6.07 Å². The molecule has 5 heteroatoms. The van der Waals surface area contributed by atoms with Crippen molar-refractivity contribution >= 4 is 11.6 Å². The Morgan fingerprint density at radius 1 is 1.39 bits per heavy atom. The summed E-state index contributed by atoms with van der Waals surface area (Å²) >= 11 is 0. The van der Waals surface area contributed by atoms with Crippen LogP contribution in [-0.2, 0) is 4.79 Å². The molecule has 1 aromatic carbocycles. The molecule has 0 aliphatic heterocycles. The molecule has 1 fully saturated rings. The minimum absolute atomic E-state index is 0.00731. The van der Waals surface area contributed by atoms with Crippen LogP contribution >= 0.6 is 0 Å². The fraction of sp³-hybridized carbons (Fsp3) is 0.462. The number of halogens is 2. The van der Waals surface area contributed by atoms with Crippen molar-refractivity contribution in [3.05, 3.63) is 29.8 Å². The lowest BCUT2D eigenvalue weighted by Gasteiger charge is -2.40. The summed E-state index contributed by atoms with van der Waals surface area (Å²) in [5, 5.41) is 2.46. The number of hydrogen-bond donors (Lipinski definition) is 2. The predicted octanol–water partition coefficient (Wildman–Crippen LogP) is 2.42. The van der Waals surface area contributed by atoms with Crippen LogP contribution in [-0.4, -0.2) is 12.5 Å². The molecule has 0 radical (unpaired) electrons. The zero-order valence-electron chi connectivity index (χ0n) is 10.0. The molecule has 0 unspecified atom stereocenters. The lowest BCUT2D eigenvalue weighted by Crippen LogP contribution is -2.40. The Morgan fingerprint density at radius 2 is 2.11 bits per heavy atom. The first-order chi connectivity index (χ1) is 8.54. The monoisotopic (exact) mass is 254 g/mol. The van der Waals surface area contributed by atoms with Crippen molar-refractivity contribution in [2.75, 3.05) is 11.9 Å². The van der Waals surface area contributed by atoms with Gasteiger partial charge in [-0.3, -0.25) is 4.79 Å². The Bertz CT molecular complexity index is 453. The van der Waals surface area contributed by atoms with Crippen LogP contribution in [0.3, 0.4) is 0 Å². The van der Waals surface area contributed by atoms with Crippen LogP contribution in [0.25, 0.3) is 0 Å². The van der Waals surface area contributed by atoms with Crippen LogP contribution in [0.2, 0.25) is 0 Å². The zero-order valence-corrected chi connectivity index (χ0v) is 10.0. The number of hydrogen-bond acceptors (Lipinski definition) is 2. The highest BCUT2D eigenvalue weighted by Gasteiger charge is 2.37. The Kier molecular flexibility index (Phi) is 3.61. The highest BCUT2D eigenvalue weighted by molar-refractivity contribution is 5.91. The van der Waals surface area contributed by atoms with Crippen molar-refractivity contribution < 1.29 is 13.6 Å². The number of amides is 1. The largest absolute Gasteiger partial charge is 0.330 e. The molecule has 98 valence electrons. The van der Waals surface area contributed by atoms with Gasteiger partial charge < -0.3 is 11.1 Å². The van der Waals surface area contributed by atoms with Gasteiger partial charge in [0, 0.05) is 12.5 Å². The third-order valence-electron chi connectivity index (χ3n) is 3.59. The Labute approximate surface area is 104 Å². The summed E-state index contributed by atoms with van der Waals surface area (Å²) in [6.07, 6.45) is 3.24. The molecule has 0 spiro atoms. The zero-order chi connectivity index (χ0) is 13.2. The summed E-state index contributed by atoms with van der Waals surface area (Å²) in [6, 6.07) is 3.08. The van der Waals surface area contributed by atoms with Gasteiger partial charge in [-0.05, 0) is 36.9 Å². The van der Waals surface area contributed by atoms with E-state index in [-0.39, 0.29) is 17.0 Å². The average molecular weight is 254 g/mol. The molecular formula is C13H16F2N2O. The molecule has 3 N–H and O–H groups in total. The maximum atomic E-state index is 13.3. The number of anilines is 1. The normalized spacial score (nSPS) is 17.1. The Morgan fingerprint density at radius 3 is 2.61 bits per heavy atom. The molecule has 1 aliphatic rings. The minimum atomic E-state index is -0.765. The summed E-state index contributed by atoms with van der Waals surface area (Å²) in [6.45, 7) is 0.465. The van der Waals surface area contributed by atoms with Crippen LogP contribution in [0.1, 0.15) is 25.7 Å². The predicted molar refractivity (Wildman–Crippen MR) is 64.9 cm³/mol. The highest BCUT2D eigenvalue weighted by Crippen LogP contribution is 2.43. The Hall–Kier alpha value is -1.49. The molecule has 1 aromatic rings. The molecule has 0 heterocycles. The van der Waals surface area contributed by atoms with E-state index < -0.39 is 11.6 Å². The minimum Gasteiger partial charge on any atom is -0.330 e. The quantitative estimate of drug-likeness (QED) is 0.867. The van der Waals surface area contributed by atoms with Crippen LogP contribution in [0.4, 0.5) is 14.5 Å². The number of carbonyl (C=O) groups excluding carboxylic acids is 1. The summed E-state index contributed by atoms with van der Waals surface area (Å²) in [5.41, 5.74) is 5.54. The molecule has 0 atom stereocenters. The van der Waals surface area contributed by atoms with Crippen LogP contribution in [0.15, 0.2) is 18.2 Å². The second-order valence-corrected chi connectivity index (χ2v) is 4.91. The molecule has 0 saturated heterocycles. The first-order valence-electron chi connectivity index (χ1n) is 6.00. The fourth-order valence-corrected chi connectivity index (χ4v) is 2.26. The van der Waals surface area contributed by atoms with E-state index in [0.29, 0.717) is 13.0 Å². The number of rotatable bonds is 4. The topological polar surface area (TPSA) is 55.1 Å². The SMILES string of the molecule is NCC1(CC(=O)Nc2ccc(F)cc2F)CCC1. The van der Waals surface area contributed by atoms with Gasteiger partial charge in [-0.1, -0.05) is 6.42 Å². The first-order valence-corrected chi connectivity index (χ1v) is 6.00. The number of nitrogens with two attached hydrogens (primary N) is 1. The van der Waals surface area contributed by atoms with E-state index in [1.807, 2.05) is 0 Å². The molecule has 1 amide bonds. The van der Waals surface area contributed by atoms with Crippen molar-refractivity contribution in [3.63, 3.8) is 0 Å². The van der Waals surface area contributed by atoms with Gasteiger partial charge in [-0.15, -0.1) is 0 Å². The number of carbonyl (C=O) groups is 1. The molecule has 2 rings (SSSR count). The van der Waals surface area contributed by atoms with Crippen LogP contribution in [0, 0.1) is 17.0 Å². The Balaban J connectivity index is 1.98. The van der Waals surface area contributed by atoms with Crippen LogP contribution in [0.5, 0.6) is 0 Å². The summed E-state index contributed by atoms with van der Waals surface area (Å²) in [4.78, 5) is 11.8. The van der Waals surface area contributed by atoms with Crippen molar-refractivity contribution in [2.45, 2.75) is 25.7 Å². The van der Waals surface area contributed by atoms with E-state index in [0.717, 1.165) is 31.4 Å². The first kappa shape index (κ1) is 13.0. The van der Waals surface area contributed by atoms with Gasteiger partial charge in [-0.2, -0.15) is 0 Å². The van der Waals surface area contributed by atoms with Crippen molar-refractivity contribution in [3.8, 4) is 0 Å². The van der Waals surface area contributed by atoms with Crippen LogP contribution < -0.4 is 11.1 Å². The van der Waals surface area contributed by atoms with Crippen molar-refractivity contribution in [1.82, 2.24) is 0 Å². The van der Waals surface area contributed by atoms with Crippen molar-refractivity contribution in [1.29, 1.82) is 0 Å². The van der Waals surface area contributed by atoms with E-state index in [9.17, 15) is 13.6 Å². The number of nitrogens with one attached hydrogen (secondary N) is 1. The smallest absolute Gasteiger partial charge is 0.225 e. The van der Waals surface area contributed by atoms with Gasteiger partial charge in [0.1, 0.15) is 11.6 Å². The van der Waals surface area contributed by atoms with Gasteiger partial charge in [0.05, 0.1) is 5.69 Å². The summed E-state index contributed by atoms with van der Waals surface area (Å²) in [5.74, 6) is -1.70. The molecule has 1 saturated carbocycles. The van der Waals surface area contributed by atoms with Gasteiger partial charge in [0.15, 0.2) is 0 Å². The van der Waals surface area contributed by atoms with Gasteiger partial charge in [0.25, 0.3) is 0 Å². The molecule has 0 aromatic heterocycles. The molecule has 1 aliphatic carbocycles. The second-order valence-electron chi connectivity index (χ2n) is 4.91. The lowest BCUT2D eigenvalue weighted by atomic mass is 9.66. The lowest BCUT2D eigenvalue weighted by molar-refractivity contribution is -0.119. The third-order valence-corrected chi connectivity index (χ3v) is 3.59. The van der Waals surface area contributed by atoms with Gasteiger partial charge >= 0.3 is 0 Å². The highest BCUT2D eigenvalue weighted by atomic mass is 19.1. The molecule has 18 heavy (non-hydrogen) atoms. The maximum absolute atomic E-state index is 13.3. The summed E-state index contributed by atoms with van der Waals surface area (Å²) < 4.78 is 26.0. The fourth-order valence-electron chi connectivity index (χ4n) is 2.26. The average Bonchev–Trinajstić information content (AvgIpc) is 2.27. The number of benzene rings is 1.